The molecule has 19 heavy (non-hydrogen) atoms. The first kappa shape index (κ1) is 14.6. The molecule has 0 aromatic heterocycles. The minimum absolute atomic E-state index is 0.768. The van der Waals surface area contributed by atoms with Gasteiger partial charge < -0.3 is 0 Å². The van der Waals surface area contributed by atoms with Crippen molar-refractivity contribution >= 4 is 34.2 Å². The number of nitrogens with zero attached hydrogens (tertiary/aromatic N) is 2. The number of aliphatic imine (C=N–C) groups is 1. The maximum absolute atomic E-state index is 5.94. The van der Waals surface area contributed by atoms with Crippen LogP contribution in [0.5, 0.6) is 0 Å². The lowest BCUT2D eigenvalue weighted by atomic mass is 10.1. The van der Waals surface area contributed by atoms with Crippen LogP contribution >= 0.6 is 23.4 Å². The molecule has 0 unspecified atom stereocenters. The molecular formula is C15H20ClN2S+. The zero-order valence-electron chi connectivity index (χ0n) is 11.5. The van der Waals surface area contributed by atoms with E-state index in [0.29, 0.717) is 0 Å². The maximum Gasteiger partial charge on any atom is 0.295 e. The summed E-state index contributed by atoms with van der Waals surface area (Å²) in [5, 5.41) is 1.84. The Morgan fingerprint density at radius 2 is 2.05 bits per heavy atom. The van der Waals surface area contributed by atoms with Crippen molar-refractivity contribution in [3.8, 4) is 0 Å². The summed E-state index contributed by atoms with van der Waals surface area (Å²) in [7, 11) is 0. The Morgan fingerprint density at radius 3 is 2.68 bits per heavy atom. The summed E-state index contributed by atoms with van der Waals surface area (Å²) >= 11 is 7.63. The molecule has 0 fully saturated rings. The van der Waals surface area contributed by atoms with Crippen molar-refractivity contribution in [1.82, 2.24) is 0 Å². The van der Waals surface area contributed by atoms with Crippen LogP contribution in [0.2, 0.25) is 5.02 Å². The maximum atomic E-state index is 5.94. The van der Waals surface area contributed by atoms with Crippen LogP contribution in [0.1, 0.15) is 31.7 Å². The lowest BCUT2D eigenvalue weighted by molar-refractivity contribution is -0.530. The summed E-state index contributed by atoms with van der Waals surface area (Å²) in [6.07, 6.45) is 5.69. The number of benzene rings is 1. The van der Waals surface area contributed by atoms with Gasteiger partial charge in [0.25, 0.3) is 5.84 Å². The smallest absolute Gasteiger partial charge is 0.262 e. The SMILES string of the molecule is CC[N+]1=C(N=C(SC)c2ccc(Cl)cc2)CCCC1. The third-order valence-electron chi connectivity index (χ3n) is 3.34. The van der Waals surface area contributed by atoms with Gasteiger partial charge in [0.05, 0.1) is 19.5 Å². The lowest BCUT2D eigenvalue weighted by Gasteiger charge is -2.12. The van der Waals surface area contributed by atoms with Crippen molar-refractivity contribution in [1.29, 1.82) is 0 Å². The van der Waals surface area contributed by atoms with Crippen LogP contribution in [0.3, 0.4) is 0 Å². The molecule has 0 radical (unpaired) electrons. The Labute approximate surface area is 124 Å². The van der Waals surface area contributed by atoms with Crippen LogP contribution in [0, 0.1) is 0 Å². The Kier molecular flexibility index (Phi) is 5.46. The second-order valence-corrected chi connectivity index (χ2v) is 5.81. The molecule has 0 spiro atoms. The predicted molar refractivity (Wildman–Crippen MR) is 86.0 cm³/mol. The predicted octanol–water partition coefficient (Wildman–Crippen LogP) is 4.06. The van der Waals surface area contributed by atoms with Crippen LogP contribution in [-0.4, -0.2) is 34.8 Å². The average molecular weight is 296 g/mol. The quantitative estimate of drug-likeness (QED) is 0.456. The molecule has 0 saturated carbocycles. The van der Waals surface area contributed by atoms with Crippen LogP contribution in [-0.2, 0) is 0 Å². The second-order valence-electron chi connectivity index (χ2n) is 4.58. The summed E-state index contributed by atoms with van der Waals surface area (Å²) in [6, 6.07) is 7.92. The highest BCUT2D eigenvalue weighted by Crippen LogP contribution is 2.17. The molecule has 1 heterocycles. The van der Waals surface area contributed by atoms with E-state index in [1.165, 1.54) is 18.7 Å². The highest BCUT2D eigenvalue weighted by Gasteiger charge is 2.20. The van der Waals surface area contributed by atoms with Gasteiger partial charge in [-0.3, -0.25) is 4.58 Å². The topological polar surface area (TPSA) is 15.4 Å². The van der Waals surface area contributed by atoms with Crippen LogP contribution < -0.4 is 0 Å². The van der Waals surface area contributed by atoms with E-state index in [1.807, 2.05) is 24.3 Å². The fourth-order valence-electron chi connectivity index (χ4n) is 2.28. The molecule has 0 aliphatic carbocycles. The van der Waals surface area contributed by atoms with Gasteiger partial charge in [0.15, 0.2) is 0 Å². The standard InChI is InChI=1S/C15H20ClN2S/c1-3-18-11-5-4-6-14(18)17-15(19-2)12-7-9-13(16)10-8-12/h7-10H,3-6,11H2,1-2H3/q+1. The minimum atomic E-state index is 0.768. The van der Waals surface area contributed by atoms with Gasteiger partial charge >= 0.3 is 0 Å². The Bertz CT molecular complexity index is 491. The van der Waals surface area contributed by atoms with Crippen LogP contribution in [0.15, 0.2) is 29.3 Å². The van der Waals surface area contributed by atoms with Crippen LogP contribution in [0.4, 0.5) is 0 Å². The van der Waals surface area contributed by atoms with E-state index in [0.717, 1.165) is 35.1 Å². The van der Waals surface area contributed by atoms with Crippen molar-refractivity contribution in [3.05, 3.63) is 34.9 Å². The van der Waals surface area contributed by atoms with E-state index < -0.39 is 0 Å². The Morgan fingerprint density at radius 1 is 1.32 bits per heavy atom. The molecule has 102 valence electrons. The molecule has 2 nitrogen and oxygen atoms in total. The zero-order chi connectivity index (χ0) is 13.7. The Hall–Kier alpha value is -0.800. The van der Waals surface area contributed by atoms with Crippen molar-refractivity contribution in [2.75, 3.05) is 19.3 Å². The van der Waals surface area contributed by atoms with E-state index in [4.69, 9.17) is 16.6 Å². The zero-order valence-corrected chi connectivity index (χ0v) is 13.1. The van der Waals surface area contributed by atoms with Gasteiger partial charge in [0.2, 0.25) is 5.04 Å². The van der Waals surface area contributed by atoms with Crippen molar-refractivity contribution in [2.45, 2.75) is 26.2 Å². The molecule has 2 rings (SSSR count). The second kappa shape index (κ2) is 7.11. The van der Waals surface area contributed by atoms with E-state index in [-0.39, 0.29) is 0 Å². The molecule has 0 N–H and O–H groups in total. The highest BCUT2D eigenvalue weighted by molar-refractivity contribution is 8.13. The molecule has 0 saturated heterocycles. The van der Waals surface area contributed by atoms with E-state index in [2.05, 4.69) is 17.8 Å². The number of hydrogen-bond acceptors (Lipinski definition) is 2. The summed E-state index contributed by atoms with van der Waals surface area (Å²) in [5.74, 6) is 1.23. The van der Waals surface area contributed by atoms with E-state index >= 15 is 0 Å². The number of amidine groups is 1. The van der Waals surface area contributed by atoms with Gasteiger partial charge in [-0.1, -0.05) is 23.4 Å². The summed E-state index contributed by atoms with van der Waals surface area (Å²) < 4.78 is 2.38. The first-order chi connectivity index (χ1) is 9.24. The molecule has 0 atom stereocenters. The average Bonchev–Trinajstić information content (AvgIpc) is 2.46. The highest BCUT2D eigenvalue weighted by atomic mass is 35.5. The van der Waals surface area contributed by atoms with E-state index in [1.54, 1.807) is 11.8 Å². The normalized spacial score (nSPS) is 16.9. The van der Waals surface area contributed by atoms with Crippen molar-refractivity contribution in [2.24, 2.45) is 4.99 Å². The molecule has 1 aliphatic heterocycles. The number of hydrogen-bond donors (Lipinski definition) is 0. The first-order valence-electron chi connectivity index (χ1n) is 6.74. The third-order valence-corrected chi connectivity index (χ3v) is 4.31. The van der Waals surface area contributed by atoms with Gasteiger partial charge in [-0.15, -0.1) is 0 Å². The number of halogens is 1. The van der Waals surface area contributed by atoms with Gasteiger partial charge in [0.1, 0.15) is 0 Å². The summed E-state index contributed by atoms with van der Waals surface area (Å²) in [6.45, 7) is 4.38. The Balaban J connectivity index is 2.32. The largest absolute Gasteiger partial charge is 0.295 e. The third kappa shape index (κ3) is 3.83. The minimum Gasteiger partial charge on any atom is -0.262 e. The molecular weight excluding hydrogens is 276 g/mol. The van der Waals surface area contributed by atoms with Gasteiger partial charge in [-0.2, -0.15) is 0 Å². The summed E-state index contributed by atoms with van der Waals surface area (Å²) in [4.78, 5) is 4.89. The van der Waals surface area contributed by atoms with Gasteiger partial charge in [-0.25, -0.2) is 0 Å². The molecule has 1 aliphatic rings. The fraction of sp³-hybridized carbons (Fsp3) is 0.467. The monoisotopic (exact) mass is 295 g/mol. The molecule has 1 aromatic carbocycles. The molecule has 0 bridgehead atoms. The van der Waals surface area contributed by atoms with Crippen LogP contribution in [0.25, 0.3) is 0 Å². The van der Waals surface area contributed by atoms with Gasteiger partial charge in [0, 0.05) is 10.6 Å². The number of rotatable bonds is 2. The van der Waals surface area contributed by atoms with E-state index in [9.17, 15) is 0 Å². The molecule has 4 heteroatoms. The molecule has 1 aromatic rings. The van der Waals surface area contributed by atoms with Crippen molar-refractivity contribution in [3.63, 3.8) is 0 Å². The lowest BCUT2D eigenvalue weighted by Crippen LogP contribution is -2.26. The number of thioether (sulfide) groups is 1. The van der Waals surface area contributed by atoms with Gasteiger partial charge in [-0.05, 0) is 55.3 Å². The van der Waals surface area contributed by atoms with Crippen molar-refractivity contribution < 1.29 is 4.58 Å². The first-order valence-corrected chi connectivity index (χ1v) is 8.34. The fourth-order valence-corrected chi connectivity index (χ4v) is 2.97. The summed E-state index contributed by atoms with van der Waals surface area (Å²) in [5.41, 5.74) is 1.14. The molecule has 0 amide bonds.